The molecule has 0 aliphatic carbocycles. The molecule has 0 unspecified atom stereocenters. The Kier molecular flexibility index (Phi) is 6.46. The molecule has 2 aliphatic heterocycles. The number of methoxy groups -OCH3 is 2. The number of ether oxygens (including phenoxy) is 2. The third kappa shape index (κ3) is 4.08. The van der Waals surface area contributed by atoms with E-state index in [0.29, 0.717) is 42.3 Å². The fourth-order valence-corrected chi connectivity index (χ4v) is 4.35. The number of carbonyl (C=O) groups is 2. The summed E-state index contributed by atoms with van der Waals surface area (Å²) in [6, 6.07) is 15.8. The molecule has 2 amide bonds. The van der Waals surface area contributed by atoms with Crippen molar-refractivity contribution in [3.8, 4) is 5.75 Å². The molecule has 2 aromatic rings. The number of imide groups is 1. The molecule has 1 saturated heterocycles. The molecule has 0 atom stereocenters. The maximum Gasteiger partial charge on any atom is 0.277 e. The number of nitrogens with zero attached hydrogens (tertiary/aromatic N) is 3. The van der Waals surface area contributed by atoms with Gasteiger partial charge >= 0.3 is 0 Å². The van der Waals surface area contributed by atoms with Gasteiger partial charge in [-0.2, -0.15) is 0 Å². The van der Waals surface area contributed by atoms with Crippen molar-refractivity contribution in [2.75, 3.05) is 58.5 Å². The van der Waals surface area contributed by atoms with Crippen LogP contribution in [0.1, 0.15) is 11.1 Å². The summed E-state index contributed by atoms with van der Waals surface area (Å²) in [5.41, 5.74) is 3.91. The molecule has 2 aliphatic rings. The van der Waals surface area contributed by atoms with Crippen LogP contribution in [-0.4, -0.2) is 75.2 Å². The molecule has 32 heavy (non-hydrogen) atoms. The minimum Gasteiger partial charge on any atom is -0.496 e. The van der Waals surface area contributed by atoms with Crippen LogP contribution in [0.3, 0.4) is 0 Å². The molecule has 7 nitrogen and oxygen atoms in total. The zero-order valence-corrected chi connectivity index (χ0v) is 18.8. The summed E-state index contributed by atoms with van der Waals surface area (Å²) in [6.07, 6.45) is 0. The van der Waals surface area contributed by atoms with E-state index in [0.717, 1.165) is 13.1 Å². The van der Waals surface area contributed by atoms with E-state index in [9.17, 15) is 9.59 Å². The molecule has 2 aromatic carbocycles. The van der Waals surface area contributed by atoms with Crippen LogP contribution in [-0.2, 0) is 14.3 Å². The minimum absolute atomic E-state index is 0.222. The van der Waals surface area contributed by atoms with Gasteiger partial charge in [-0.05, 0) is 30.7 Å². The zero-order valence-electron chi connectivity index (χ0n) is 18.8. The van der Waals surface area contributed by atoms with Gasteiger partial charge in [0.05, 0.1) is 25.8 Å². The number of piperazine rings is 1. The summed E-state index contributed by atoms with van der Waals surface area (Å²) < 4.78 is 10.6. The van der Waals surface area contributed by atoms with Crippen LogP contribution >= 0.6 is 0 Å². The van der Waals surface area contributed by atoms with Crippen molar-refractivity contribution in [2.24, 2.45) is 0 Å². The number of carbonyl (C=O) groups excluding carboxylic acids is 2. The predicted molar refractivity (Wildman–Crippen MR) is 123 cm³/mol. The first kappa shape index (κ1) is 21.9. The molecule has 0 N–H and O–H groups in total. The Labute approximate surface area is 188 Å². The highest BCUT2D eigenvalue weighted by Gasteiger charge is 2.42. The molecule has 0 aromatic heterocycles. The SMILES string of the molecule is COCCN1C(=O)C(c2ccccc2OC)=C(N2CCN(c3cccc(C)c3)CC2)C1=O. The van der Waals surface area contributed by atoms with E-state index in [2.05, 4.69) is 36.1 Å². The monoisotopic (exact) mass is 435 g/mol. The van der Waals surface area contributed by atoms with Crippen LogP contribution in [0.4, 0.5) is 5.69 Å². The van der Waals surface area contributed by atoms with Crippen molar-refractivity contribution < 1.29 is 19.1 Å². The molecule has 4 rings (SSSR count). The molecule has 1 fully saturated rings. The molecule has 168 valence electrons. The van der Waals surface area contributed by atoms with Gasteiger partial charge in [0, 0.05) is 44.5 Å². The fraction of sp³-hybridized carbons (Fsp3) is 0.360. The lowest BCUT2D eigenvalue weighted by Crippen LogP contribution is -2.47. The Morgan fingerprint density at radius 2 is 1.59 bits per heavy atom. The Hall–Kier alpha value is -3.32. The summed E-state index contributed by atoms with van der Waals surface area (Å²) in [6.45, 7) is 5.45. The summed E-state index contributed by atoms with van der Waals surface area (Å²) in [4.78, 5) is 32.4. The first-order valence-electron chi connectivity index (χ1n) is 10.8. The van der Waals surface area contributed by atoms with Crippen LogP contribution in [0.15, 0.2) is 54.2 Å². The normalized spacial score (nSPS) is 16.9. The lowest BCUT2D eigenvalue weighted by Gasteiger charge is -2.37. The molecular formula is C25H29N3O4. The number of amides is 2. The van der Waals surface area contributed by atoms with Crippen LogP contribution in [0, 0.1) is 6.92 Å². The third-order valence-electron chi connectivity index (χ3n) is 6.00. The second-order valence-electron chi connectivity index (χ2n) is 7.99. The summed E-state index contributed by atoms with van der Waals surface area (Å²) >= 11 is 0. The molecule has 7 heteroatoms. The Morgan fingerprint density at radius 3 is 2.28 bits per heavy atom. The number of rotatable bonds is 7. The van der Waals surface area contributed by atoms with Crippen molar-refractivity contribution in [1.29, 1.82) is 0 Å². The quantitative estimate of drug-likeness (QED) is 0.623. The van der Waals surface area contributed by atoms with Crippen LogP contribution in [0.2, 0.25) is 0 Å². The van der Waals surface area contributed by atoms with Crippen molar-refractivity contribution in [3.63, 3.8) is 0 Å². The third-order valence-corrected chi connectivity index (χ3v) is 6.00. The van der Waals surface area contributed by atoms with Gasteiger partial charge < -0.3 is 19.3 Å². The Morgan fingerprint density at radius 1 is 0.875 bits per heavy atom. The van der Waals surface area contributed by atoms with Gasteiger partial charge in [0.2, 0.25) is 0 Å². The zero-order chi connectivity index (χ0) is 22.7. The fourth-order valence-electron chi connectivity index (χ4n) is 4.35. The highest BCUT2D eigenvalue weighted by atomic mass is 16.5. The van der Waals surface area contributed by atoms with Crippen molar-refractivity contribution >= 4 is 23.1 Å². The van der Waals surface area contributed by atoms with E-state index < -0.39 is 0 Å². The molecular weight excluding hydrogens is 406 g/mol. The van der Waals surface area contributed by atoms with Gasteiger partial charge in [0.1, 0.15) is 11.4 Å². The summed E-state index contributed by atoms with van der Waals surface area (Å²) in [7, 11) is 3.13. The summed E-state index contributed by atoms with van der Waals surface area (Å²) in [5, 5.41) is 0. The maximum atomic E-state index is 13.4. The van der Waals surface area contributed by atoms with Gasteiger partial charge in [-0.25, -0.2) is 0 Å². The van der Waals surface area contributed by atoms with E-state index in [-0.39, 0.29) is 18.4 Å². The predicted octanol–water partition coefficient (Wildman–Crippen LogP) is 2.55. The second kappa shape index (κ2) is 9.44. The average molecular weight is 436 g/mol. The van der Waals surface area contributed by atoms with Gasteiger partial charge in [-0.1, -0.05) is 30.3 Å². The number of hydrogen-bond acceptors (Lipinski definition) is 6. The highest BCUT2D eigenvalue weighted by Crippen LogP contribution is 2.36. The van der Waals surface area contributed by atoms with Gasteiger partial charge in [0.25, 0.3) is 11.8 Å². The molecule has 0 bridgehead atoms. The first-order valence-corrected chi connectivity index (χ1v) is 10.8. The number of aryl methyl sites for hydroxylation is 1. The van der Waals surface area contributed by atoms with Gasteiger partial charge in [-0.3, -0.25) is 14.5 Å². The minimum atomic E-state index is -0.298. The molecule has 2 heterocycles. The van der Waals surface area contributed by atoms with Crippen LogP contribution in [0.5, 0.6) is 5.75 Å². The summed E-state index contributed by atoms with van der Waals surface area (Å²) in [5.74, 6) is 0.0118. The van der Waals surface area contributed by atoms with Crippen LogP contribution in [0.25, 0.3) is 5.57 Å². The number of anilines is 1. The topological polar surface area (TPSA) is 62.3 Å². The van der Waals surface area contributed by atoms with E-state index in [1.54, 1.807) is 14.2 Å². The first-order chi connectivity index (χ1) is 15.5. The number of para-hydroxylation sites is 1. The Bertz CT molecular complexity index is 1040. The molecule has 0 saturated carbocycles. The molecule has 0 radical (unpaired) electrons. The smallest absolute Gasteiger partial charge is 0.277 e. The van der Waals surface area contributed by atoms with E-state index >= 15 is 0 Å². The van der Waals surface area contributed by atoms with Crippen molar-refractivity contribution in [3.05, 3.63) is 65.4 Å². The van der Waals surface area contributed by atoms with E-state index in [1.807, 2.05) is 29.2 Å². The number of benzene rings is 2. The molecule has 0 spiro atoms. The number of hydrogen-bond donors (Lipinski definition) is 0. The average Bonchev–Trinajstić information content (AvgIpc) is 3.07. The van der Waals surface area contributed by atoms with Crippen LogP contribution < -0.4 is 9.64 Å². The van der Waals surface area contributed by atoms with Crippen molar-refractivity contribution in [2.45, 2.75) is 6.92 Å². The Balaban J connectivity index is 1.66. The lowest BCUT2D eigenvalue weighted by molar-refractivity contribution is -0.138. The standard InChI is InChI=1S/C25H29N3O4/c1-18-7-6-8-19(17-18)26-11-13-27(14-12-26)23-22(20-9-4-5-10-21(20)32-3)24(29)28(25(23)30)15-16-31-2/h4-10,17H,11-16H2,1-3H3. The lowest BCUT2D eigenvalue weighted by atomic mass is 10.0. The largest absolute Gasteiger partial charge is 0.496 e. The van der Waals surface area contributed by atoms with E-state index in [4.69, 9.17) is 9.47 Å². The van der Waals surface area contributed by atoms with Gasteiger partial charge in [-0.15, -0.1) is 0 Å². The second-order valence-corrected chi connectivity index (χ2v) is 7.99. The highest BCUT2D eigenvalue weighted by molar-refractivity contribution is 6.36. The van der Waals surface area contributed by atoms with Gasteiger partial charge in [0.15, 0.2) is 0 Å². The van der Waals surface area contributed by atoms with Crippen molar-refractivity contribution in [1.82, 2.24) is 9.80 Å². The van der Waals surface area contributed by atoms with E-state index in [1.165, 1.54) is 16.2 Å². The maximum absolute atomic E-state index is 13.4.